The summed E-state index contributed by atoms with van der Waals surface area (Å²) in [7, 11) is 0. The Morgan fingerprint density at radius 1 is 0.682 bits per heavy atom. The molecule has 3 aromatic carbocycles. The SMILES string of the molecule is c1ccc(-c2ccc(C3c4ccccc4N4CN34)cc2)cc1. The number of hydrogen-bond donors (Lipinski definition) is 0. The largest absolute Gasteiger partial charge is 0.287 e. The van der Waals surface area contributed by atoms with Crippen LogP contribution in [0.1, 0.15) is 17.2 Å². The van der Waals surface area contributed by atoms with Gasteiger partial charge in [-0.15, -0.1) is 0 Å². The third-order valence-electron chi connectivity index (χ3n) is 4.64. The highest BCUT2D eigenvalue weighted by atomic mass is 15.8. The van der Waals surface area contributed by atoms with Gasteiger partial charge in [0.15, 0.2) is 0 Å². The molecule has 2 aliphatic heterocycles. The van der Waals surface area contributed by atoms with E-state index >= 15 is 0 Å². The maximum Gasteiger partial charge on any atom is 0.106 e. The standard InChI is InChI=1S/C20H16N2/c1-2-6-15(7-3-1)16-10-12-17(13-11-16)20-18-8-4-5-9-19(18)21-14-22(20)21/h1-13,20H,14H2. The highest BCUT2D eigenvalue weighted by molar-refractivity contribution is 5.67. The Kier molecular flexibility index (Phi) is 2.43. The van der Waals surface area contributed by atoms with Gasteiger partial charge >= 0.3 is 0 Å². The molecule has 0 bridgehead atoms. The summed E-state index contributed by atoms with van der Waals surface area (Å²) in [5.74, 6) is 0. The van der Waals surface area contributed by atoms with Gasteiger partial charge in [-0.05, 0) is 22.8 Å². The molecular formula is C20H16N2. The van der Waals surface area contributed by atoms with Gasteiger partial charge in [-0.25, -0.2) is 0 Å². The first-order valence-electron chi connectivity index (χ1n) is 7.70. The summed E-state index contributed by atoms with van der Waals surface area (Å²) in [6.45, 7) is 1.04. The first-order valence-corrected chi connectivity index (χ1v) is 7.70. The van der Waals surface area contributed by atoms with Gasteiger partial charge in [0.05, 0.1) is 11.7 Å². The number of fused-ring (bicyclic) bond motifs is 3. The minimum atomic E-state index is 0.376. The lowest BCUT2D eigenvalue weighted by Gasteiger charge is -2.14. The van der Waals surface area contributed by atoms with Crippen molar-refractivity contribution >= 4 is 5.69 Å². The quantitative estimate of drug-likeness (QED) is 0.641. The van der Waals surface area contributed by atoms with Crippen LogP contribution in [0, 0.1) is 0 Å². The first kappa shape index (κ1) is 12.0. The van der Waals surface area contributed by atoms with Gasteiger partial charge in [0.1, 0.15) is 6.67 Å². The van der Waals surface area contributed by atoms with Crippen LogP contribution in [0.15, 0.2) is 78.9 Å². The Morgan fingerprint density at radius 3 is 2.18 bits per heavy atom. The molecule has 3 aromatic rings. The molecule has 1 saturated heterocycles. The fourth-order valence-corrected chi connectivity index (χ4v) is 3.50. The Morgan fingerprint density at radius 2 is 1.36 bits per heavy atom. The van der Waals surface area contributed by atoms with Crippen molar-refractivity contribution < 1.29 is 0 Å². The van der Waals surface area contributed by atoms with E-state index in [1.165, 1.54) is 27.9 Å². The van der Waals surface area contributed by atoms with E-state index in [0.29, 0.717) is 6.04 Å². The average Bonchev–Trinajstić information content (AvgIpc) is 3.31. The molecule has 2 aliphatic rings. The smallest absolute Gasteiger partial charge is 0.106 e. The van der Waals surface area contributed by atoms with Gasteiger partial charge in [0.25, 0.3) is 0 Å². The average molecular weight is 284 g/mol. The van der Waals surface area contributed by atoms with E-state index < -0.39 is 0 Å². The van der Waals surface area contributed by atoms with Gasteiger partial charge in [-0.1, -0.05) is 72.8 Å². The fraction of sp³-hybridized carbons (Fsp3) is 0.100. The third kappa shape index (κ3) is 1.71. The van der Waals surface area contributed by atoms with Crippen molar-refractivity contribution in [1.82, 2.24) is 5.01 Å². The molecule has 2 nitrogen and oxygen atoms in total. The van der Waals surface area contributed by atoms with E-state index in [1.807, 2.05) is 0 Å². The summed E-state index contributed by atoms with van der Waals surface area (Å²) in [6, 6.07) is 28.7. The zero-order valence-corrected chi connectivity index (χ0v) is 12.2. The highest BCUT2D eigenvalue weighted by Gasteiger charge is 2.47. The summed E-state index contributed by atoms with van der Waals surface area (Å²) < 4.78 is 0. The minimum Gasteiger partial charge on any atom is -0.287 e. The molecule has 1 fully saturated rings. The third-order valence-corrected chi connectivity index (χ3v) is 4.64. The monoisotopic (exact) mass is 284 g/mol. The Hall–Kier alpha value is -2.58. The van der Waals surface area contributed by atoms with Gasteiger partial charge in [0, 0.05) is 5.56 Å². The summed E-state index contributed by atoms with van der Waals surface area (Å²) in [6.07, 6.45) is 0. The predicted molar refractivity (Wildman–Crippen MR) is 89.3 cm³/mol. The normalized spacial score (nSPS) is 21.4. The van der Waals surface area contributed by atoms with Crippen LogP contribution in [-0.4, -0.2) is 11.7 Å². The number of hydrazine groups is 1. The van der Waals surface area contributed by atoms with E-state index in [9.17, 15) is 0 Å². The lowest BCUT2D eigenvalue weighted by molar-refractivity contribution is 0.485. The highest BCUT2D eigenvalue weighted by Crippen LogP contribution is 2.50. The van der Waals surface area contributed by atoms with Crippen molar-refractivity contribution in [3.63, 3.8) is 0 Å². The number of anilines is 1. The van der Waals surface area contributed by atoms with Crippen LogP contribution >= 0.6 is 0 Å². The van der Waals surface area contributed by atoms with E-state index in [1.54, 1.807) is 0 Å². The van der Waals surface area contributed by atoms with Crippen LogP contribution in [0.25, 0.3) is 11.1 Å². The van der Waals surface area contributed by atoms with Crippen LogP contribution < -0.4 is 5.01 Å². The van der Waals surface area contributed by atoms with Gasteiger partial charge in [-0.2, -0.15) is 5.01 Å². The van der Waals surface area contributed by atoms with E-state index in [-0.39, 0.29) is 0 Å². The molecule has 0 aromatic heterocycles. The van der Waals surface area contributed by atoms with Crippen LogP contribution in [0.3, 0.4) is 0 Å². The van der Waals surface area contributed by atoms with Crippen LogP contribution in [0.5, 0.6) is 0 Å². The fourth-order valence-electron chi connectivity index (χ4n) is 3.50. The first-order chi connectivity index (χ1) is 10.9. The predicted octanol–water partition coefficient (Wildman–Crippen LogP) is 4.45. The number of nitrogens with zero attached hydrogens (tertiary/aromatic N) is 2. The lowest BCUT2D eigenvalue weighted by atomic mass is 9.96. The van der Waals surface area contributed by atoms with Crippen molar-refractivity contribution in [3.8, 4) is 11.1 Å². The van der Waals surface area contributed by atoms with E-state index in [2.05, 4.69) is 88.9 Å². The van der Waals surface area contributed by atoms with Crippen molar-refractivity contribution in [3.05, 3.63) is 90.0 Å². The molecule has 0 spiro atoms. The van der Waals surface area contributed by atoms with Crippen molar-refractivity contribution in [2.75, 3.05) is 11.7 Å². The summed E-state index contributed by atoms with van der Waals surface area (Å²) in [5, 5.41) is 4.77. The number of para-hydroxylation sites is 1. The lowest BCUT2D eigenvalue weighted by Crippen LogP contribution is -2.08. The molecule has 0 saturated carbocycles. The summed E-state index contributed by atoms with van der Waals surface area (Å²) >= 11 is 0. The second-order valence-electron chi connectivity index (χ2n) is 5.93. The second kappa shape index (κ2) is 4.46. The van der Waals surface area contributed by atoms with Crippen molar-refractivity contribution in [2.45, 2.75) is 6.04 Å². The Balaban J connectivity index is 1.53. The molecule has 2 heteroatoms. The van der Waals surface area contributed by atoms with Crippen LogP contribution in [-0.2, 0) is 0 Å². The minimum absolute atomic E-state index is 0.376. The second-order valence-corrected chi connectivity index (χ2v) is 5.93. The van der Waals surface area contributed by atoms with Crippen LogP contribution in [0.4, 0.5) is 5.69 Å². The van der Waals surface area contributed by atoms with Crippen molar-refractivity contribution in [2.24, 2.45) is 0 Å². The summed E-state index contributed by atoms with van der Waals surface area (Å²) in [4.78, 5) is 0. The Labute approximate surface area is 130 Å². The molecule has 0 amide bonds. The number of hydrogen-bond acceptors (Lipinski definition) is 2. The van der Waals surface area contributed by atoms with Gasteiger partial charge < -0.3 is 0 Å². The molecule has 2 atom stereocenters. The number of rotatable bonds is 2. The van der Waals surface area contributed by atoms with E-state index in [4.69, 9.17) is 0 Å². The zero-order chi connectivity index (χ0) is 14.5. The molecule has 106 valence electrons. The van der Waals surface area contributed by atoms with Gasteiger partial charge in [0.2, 0.25) is 0 Å². The topological polar surface area (TPSA) is 6.02 Å². The molecular weight excluding hydrogens is 268 g/mol. The molecule has 2 unspecified atom stereocenters. The maximum absolute atomic E-state index is 2.42. The van der Waals surface area contributed by atoms with E-state index in [0.717, 1.165) is 6.67 Å². The zero-order valence-electron chi connectivity index (χ0n) is 12.2. The molecule has 5 rings (SSSR count). The molecule has 0 radical (unpaired) electrons. The van der Waals surface area contributed by atoms with Crippen LogP contribution in [0.2, 0.25) is 0 Å². The van der Waals surface area contributed by atoms with Gasteiger partial charge in [-0.3, -0.25) is 5.01 Å². The molecule has 0 aliphatic carbocycles. The Bertz CT molecular complexity index is 824. The summed E-state index contributed by atoms with van der Waals surface area (Å²) in [5.41, 5.74) is 6.69. The molecule has 2 heterocycles. The molecule has 22 heavy (non-hydrogen) atoms. The number of benzene rings is 3. The van der Waals surface area contributed by atoms with Crippen molar-refractivity contribution in [1.29, 1.82) is 0 Å². The maximum atomic E-state index is 2.42. The molecule has 0 N–H and O–H groups in total.